The third kappa shape index (κ3) is 3.55. The first kappa shape index (κ1) is 20.7. The fourth-order valence-electron chi connectivity index (χ4n) is 3.84. The van der Waals surface area contributed by atoms with Crippen LogP contribution >= 0.6 is 0 Å². The maximum Gasteiger partial charge on any atom is 0.494 e. The van der Waals surface area contributed by atoms with Crippen molar-refractivity contribution in [1.82, 2.24) is 14.8 Å². The van der Waals surface area contributed by atoms with Gasteiger partial charge in [0, 0.05) is 16.8 Å². The fraction of sp³-hybridized carbons (Fsp3) is 0.231. The summed E-state index contributed by atoms with van der Waals surface area (Å²) in [6.07, 6.45) is 0. The van der Waals surface area contributed by atoms with Gasteiger partial charge < -0.3 is 9.31 Å². The van der Waals surface area contributed by atoms with Crippen LogP contribution in [0.5, 0.6) is 0 Å². The lowest BCUT2D eigenvalue weighted by Crippen LogP contribution is -2.41. The Morgan fingerprint density at radius 3 is 1.62 bits per heavy atom. The second-order valence-electron chi connectivity index (χ2n) is 9.09. The van der Waals surface area contributed by atoms with Gasteiger partial charge in [-0.05, 0) is 45.3 Å². The van der Waals surface area contributed by atoms with Gasteiger partial charge in [-0.25, -0.2) is 0 Å². The van der Waals surface area contributed by atoms with Crippen molar-refractivity contribution in [3.05, 3.63) is 84.9 Å². The Hall–Kier alpha value is -3.22. The lowest BCUT2D eigenvalue weighted by atomic mass is 9.79. The van der Waals surface area contributed by atoms with Crippen molar-refractivity contribution < 1.29 is 9.31 Å². The summed E-state index contributed by atoms with van der Waals surface area (Å²) >= 11 is 0. The van der Waals surface area contributed by atoms with Crippen LogP contribution in [0.1, 0.15) is 27.7 Å². The van der Waals surface area contributed by atoms with Crippen LogP contribution in [0.4, 0.5) is 0 Å². The van der Waals surface area contributed by atoms with E-state index in [0.29, 0.717) is 0 Å². The van der Waals surface area contributed by atoms with E-state index in [4.69, 9.17) is 9.31 Å². The zero-order valence-electron chi connectivity index (χ0n) is 18.8. The van der Waals surface area contributed by atoms with E-state index in [0.717, 1.165) is 33.9 Å². The number of benzene rings is 3. The average Bonchev–Trinajstić information content (AvgIpc) is 3.33. The quantitative estimate of drug-likeness (QED) is 0.438. The predicted octanol–water partition coefficient (Wildman–Crippen LogP) is 4.90. The first-order valence-electron chi connectivity index (χ1n) is 10.9. The standard InChI is InChI=1S/C26H26BN3O2/c1-25(2)26(3,4)32-27(31-25)21-17-15-20(16-18-21)24-29-28-23(19-11-7-5-8-12-19)30(24)22-13-9-6-10-14-22/h5-18H,1-4H3. The molecule has 5 rings (SSSR count). The van der Waals surface area contributed by atoms with E-state index >= 15 is 0 Å². The van der Waals surface area contributed by atoms with Crippen LogP contribution in [0.3, 0.4) is 0 Å². The molecule has 1 saturated heterocycles. The van der Waals surface area contributed by atoms with E-state index in [1.165, 1.54) is 0 Å². The molecule has 0 atom stereocenters. The third-order valence-corrected chi connectivity index (χ3v) is 6.40. The molecule has 0 amide bonds. The molecule has 0 spiro atoms. The number of rotatable bonds is 4. The summed E-state index contributed by atoms with van der Waals surface area (Å²) in [5, 5.41) is 9.10. The van der Waals surface area contributed by atoms with Crippen LogP contribution in [0.2, 0.25) is 0 Å². The summed E-state index contributed by atoms with van der Waals surface area (Å²) in [7, 11) is -0.388. The smallest absolute Gasteiger partial charge is 0.399 e. The van der Waals surface area contributed by atoms with E-state index in [-0.39, 0.29) is 18.3 Å². The molecule has 4 aromatic rings. The first-order chi connectivity index (χ1) is 15.4. The van der Waals surface area contributed by atoms with Gasteiger partial charge in [0.05, 0.1) is 11.2 Å². The molecular weight excluding hydrogens is 397 g/mol. The average molecular weight is 423 g/mol. The Balaban J connectivity index is 1.54. The summed E-state index contributed by atoms with van der Waals surface area (Å²) in [4.78, 5) is 0. The molecule has 1 fully saturated rings. The fourth-order valence-corrected chi connectivity index (χ4v) is 3.84. The van der Waals surface area contributed by atoms with Gasteiger partial charge in [-0.1, -0.05) is 72.8 Å². The number of aromatic nitrogens is 3. The largest absolute Gasteiger partial charge is 0.494 e. The Morgan fingerprint density at radius 2 is 1.09 bits per heavy atom. The van der Waals surface area contributed by atoms with E-state index < -0.39 is 0 Å². The van der Waals surface area contributed by atoms with Crippen LogP contribution in [-0.4, -0.2) is 33.1 Å². The molecule has 32 heavy (non-hydrogen) atoms. The van der Waals surface area contributed by atoms with E-state index in [9.17, 15) is 0 Å². The Bertz CT molecular complexity index is 1200. The second-order valence-corrected chi connectivity index (χ2v) is 9.09. The van der Waals surface area contributed by atoms with Crippen molar-refractivity contribution in [2.45, 2.75) is 38.9 Å². The predicted molar refractivity (Wildman–Crippen MR) is 128 cm³/mol. The minimum absolute atomic E-state index is 0.367. The summed E-state index contributed by atoms with van der Waals surface area (Å²) in [6, 6.07) is 28.5. The van der Waals surface area contributed by atoms with Crippen LogP contribution in [0.15, 0.2) is 84.9 Å². The molecule has 0 aliphatic carbocycles. The molecule has 1 aromatic heterocycles. The van der Waals surface area contributed by atoms with Crippen LogP contribution in [0.25, 0.3) is 28.5 Å². The van der Waals surface area contributed by atoms with Crippen LogP contribution in [-0.2, 0) is 9.31 Å². The number of hydrogen-bond donors (Lipinski definition) is 0. The van der Waals surface area contributed by atoms with E-state index in [1.807, 2.05) is 48.5 Å². The summed E-state index contributed by atoms with van der Waals surface area (Å²) < 4.78 is 14.5. The molecule has 0 bridgehead atoms. The van der Waals surface area contributed by atoms with Crippen molar-refractivity contribution in [1.29, 1.82) is 0 Å². The topological polar surface area (TPSA) is 49.2 Å². The molecule has 6 heteroatoms. The first-order valence-corrected chi connectivity index (χ1v) is 10.9. The molecule has 0 unspecified atom stereocenters. The SMILES string of the molecule is CC1(C)OB(c2ccc(-c3nnc(-c4ccccc4)n3-c3ccccc3)cc2)OC1(C)C. The summed E-state index contributed by atoms with van der Waals surface area (Å²) in [6.45, 7) is 8.26. The van der Waals surface area contributed by atoms with Gasteiger partial charge >= 0.3 is 7.12 Å². The van der Waals surface area contributed by atoms with Crippen molar-refractivity contribution in [2.24, 2.45) is 0 Å². The van der Waals surface area contributed by atoms with Crippen molar-refractivity contribution in [2.75, 3.05) is 0 Å². The van der Waals surface area contributed by atoms with Gasteiger partial charge in [-0.2, -0.15) is 0 Å². The third-order valence-electron chi connectivity index (χ3n) is 6.40. The van der Waals surface area contributed by atoms with Gasteiger partial charge in [0.15, 0.2) is 11.6 Å². The zero-order valence-corrected chi connectivity index (χ0v) is 18.8. The van der Waals surface area contributed by atoms with Gasteiger partial charge in [0.1, 0.15) is 0 Å². The normalized spacial score (nSPS) is 16.9. The highest BCUT2D eigenvalue weighted by Crippen LogP contribution is 2.36. The molecule has 1 aliphatic rings. The van der Waals surface area contributed by atoms with Crippen LogP contribution < -0.4 is 5.46 Å². The Labute approximate surface area is 189 Å². The van der Waals surface area contributed by atoms with Gasteiger partial charge in [-0.15, -0.1) is 10.2 Å². The minimum Gasteiger partial charge on any atom is -0.399 e. The number of hydrogen-bond acceptors (Lipinski definition) is 4. The highest BCUT2D eigenvalue weighted by molar-refractivity contribution is 6.62. The molecule has 2 heterocycles. The maximum absolute atomic E-state index is 6.20. The summed E-state index contributed by atoms with van der Waals surface area (Å²) in [5.74, 6) is 1.59. The Kier molecular flexibility index (Phi) is 4.99. The molecule has 5 nitrogen and oxygen atoms in total. The number of nitrogens with zero attached hydrogens (tertiary/aromatic N) is 3. The van der Waals surface area contributed by atoms with Gasteiger partial charge in [0.25, 0.3) is 0 Å². The lowest BCUT2D eigenvalue weighted by molar-refractivity contribution is 0.00578. The zero-order chi connectivity index (χ0) is 22.3. The Morgan fingerprint density at radius 1 is 0.625 bits per heavy atom. The molecule has 3 aromatic carbocycles. The van der Waals surface area contributed by atoms with Gasteiger partial charge in [0.2, 0.25) is 0 Å². The highest BCUT2D eigenvalue weighted by Gasteiger charge is 2.51. The molecule has 0 saturated carbocycles. The van der Waals surface area contributed by atoms with Crippen molar-refractivity contribution in [3.63, 3.8) is 0 Å². The molecule has 0 radical (unpaired) electrons. The molecule has 1 aliphatic heterocycles. The lowest BCUT2D eigenvalue weighted by Gasteiger charge is -2.32. The molecule has 0 N–H and O–H groups in total. The molecule has 160 valence electrons. The second kappa shape index (κ2) is 7.73. The van der Waals surface area contributed by atoms with Gasteiger partial charge in [-0.3, -0.25) is 4.57 Å². The van der Waals surface area contributed by atoms with Crippen LogP contribution in [0, 0.1) is 0 Å². The van der Waals surface area contributed by atoms with Crippen molar-refractivity contribution >= 4 is 12.6 Å². The molecular formula is C26H26BN3O2. The summed E-state index contributed by atoms with van der Waals surface area (Å²) in [5.41, 5.74) is 3.26. The minimum atomic E-state index is -0.388. The van der Waals surface area contributed by atoms with E-state index in [1.54, 1.807) is 0 Å². The number of para-hydroxylation sites is 1. The van der Waals surface area contributed by atoms with Crippen molar-refractivity contribution in [3.8, 4) is 28.5 Å². The van der Waals surface area contributed by atoms with E-state index in [2.05, 4.69) is 78.9 Å². The monoisotopic (exact) mass is 423 g/mol. The maximum atomic E-state index is 6.20. The highest BCUT2D eigenvalue weighted by atomic mass is 16.7.